The second-order valence-electron chi connectivity index (χ2n) is 7.36. The third-order valence-corrected chi connectivity index (χ3v) is 4.23. The molecule has 3 rings (SSSR count). The number of rotatable bonds is 2. The van der Waals surface area contributed by atoms with E-state index in [1.807, 2.05) is 39.0 Å². The Bertz CT molecular complexity index is 628. The van der Waals surface area contributed by atoms with Crippen LogP contribution in [0.3, 0.4) is 0 Å². The summed E-state index contributed by atoms with van der Waals surface area (Å²) in [6, 6.07) is 5.65. The van der Waals surface area contributed by atoms with Crippen molar-refractivity contribution in [1.82, 2.24) is 15.2 Å². The van der Waals surface area contributed by atoms with Crippen LogP contribution < -0.4 is 5.32 Å². The van der Waals surface area contributed by atoms with Gasteiger partial charge in [0.1, 0.15) is 17.2 Å². The Hall–Kier alpha value is -2.31. The lowest BCUT2D eigenvalue weighted by molar-refractivity contribution is -0.00508. The van der Waals surface area contributed by atoms with Crippen LogP contribution in [0.5, 0.6) is 0 Å². The Morgan fingerprint density at radius 2 is 2.29 bits per heavy atom. The van der Waals surface area contributed by atoms with Gasteiger partial charge >= 0.3 is 12.2 Å². The highest BCUT2D eigenvalue weighted by Crippen LogP contribution is 2.32. The molecule has 3 heterocycles. The number of likely N-dealkylation sites (tertiary alicyclic amines) is 1. The van der Waals surface area contributed by atoms with Gasteiger partial charge in [-0.1, -0.05) is 6.07 Å². The molecule has 1 aromatic rings. The van der Waals surface area contributed by atoms with Crippen molar-refractivity contribution in [3.63, 3.8) is 0 Å². The Labute approximate surface area is 141 Å². The van der Waals surface area contributed by atoms with Gasteiger partial charge in [-0.2, -0.15) is 0 Å². The fourth-order valence-corrected chi connectivity index (χ4v) is 3.25. The van der Waals surface area contributed by atoms with Gasteiger partial charge in [0.15, 0.2) is 0 Å². The van der Waals surface area contributed by atoms with Gasteiger partial charge in [0, 0.05) is 31.3 Å². The van der Waals surface area contributed by atoms with E-state index in [0.717, 1.165) is 5.69 Å². The third-order valence-electron chi connectivity index (χ3n) is 4.23. The van der Waals surface area contributed by atoms with E-state index in [-0.39, 0.29) is 12.2 Å². The SMILES string of the molecule is CC(C)(C)OC(=O)N1CCC2OC(=O)NC2(Cc2ccccn2)C1. The number of ether oxygens (including phenoxy) is 2. The van der Waals surface area contributed by atoms with E-state index in [2.05, 4.69) is 10.3 Å². The maximum Gasteiger partial charge on any atom is 0.410 e. The van der Waals surface area contributed by atoms with Crippen LogP contribution in [0.25, 0.3) is 0 Å². The molecule has 0 aliphatic carbocycles. The highest BCUT2D eigenvalue weighted by atomic mass is 16.6. The van der Waals surface area contributed by atoms with Gasteiger partial charge in [-0.25, -0.2) is 9.59 Å². The Morgan fingerprint density at radius 3 is 2.96 bits per heavy atom. The van der Waals surface area contributed by atoms with Crippen LogP contribution in [0.15, 0.2) is 24.4 Å². The van der Waals surface area contributed by atoms with Crippen molar-refractivity contribution < 1.29 is 19.1 Å². The Morgan fingerprint density at radius 1 is 1.50 bits per heavy atom. The summed E-state index contributed by atoms with van der Waals surface area (Å²) in [6.45, 7) is 6.35. The molecule has 2 aliphatic rings. The molecule has 24 heavy (non-hydrogen) atoms. The highest BCUT2D eigenvalue weighted by molar-refractivity contribution is 5.73. The van der Waals surface area contributed by atoms with Gasteiger partial charge in [-0.3, -0.25) is 4.98 Å². The summed E-state index contributed by atoms with van der Waals surface area (Å²) in [6.07, 6.45) is 1.71. The molecule has 2 amide bonds. The predicted molar refractivity (Wildman–Crippen MR) is 86.5 cm³/mol. The molecule has 1 aromatic heterocycles. The zero-order valence-corrected chi connectivity index (χ0v) is 14.2. The fourth-order valence-electron chi connectivity index (χ4n) is 3.25. The number of carbonyl (C=O) groups excluding carboxylic acids is 2. The van der Waals surface area contributed by atoms with Crippen molar-refractivity contribution in [2.45, 2.75) is 50.9 Å². The lowest BCUT2D eigenvalue weighted by atomic mass is 9.82. The largest absolute Gasteiger partial charge is 0.444 e. The standard InChI is InChI=1S/C17H23N3O4/c1-16(2,3)24-15(22)20-9-7-13-17(11-20,19-14(21)23-13)10-12-6-4-5-8-18-12/h4-6,8,13H,7,9-11H2,1-3H3,(H,19,21). The Balaban J connectivity index is 1.80. The van der Waals surface area contributed by atoms with Crippen LogP contribution in [-0.2, 0) is 15.9 Å². The van der Waals surface area contributed by atoms with Crippen molar-refractivity contribution in [3.05, 3.63) is 30.1 Å². The topological polar surface area (TPSA) is 80.8 Å². The summed E-state index contributed by atoms with van der Waals surface area (Å²) < 4.78 is 10.9. The summed E-state index contributed by atoms with van der Waals surface area (Å²) >= 11 is 0. The lowest BCUT2D eigenvalue weighted by Crippen LogP contribution is -2.63. The molecule has 2 saturated heterocycles. The van der Waals surface area contributed by atoms with E-state index in [1.165, 1.54) is 0 Å². The number of hydrogen-bond donors (Lipinski definition) is 1. The minimum Gasteiger partial charge on any atom is -0.444 e. The normalized spacial score (nSPS) is 26.4. The van der Waals surface area contributed by atoms with Gasteiger partial charge in [-0.05, 0) is 32.9 Å². The number of hydrogen-bond acceptors (Lipinski definition) is 5. The number of nitrogens with zero attached hydrogens (tertiary/aromatic N) is 2. The molecule has 2 aliphatic heterocycles. The molecular formula is C17H23N3O4. The van der Waals surface area contributed by atoms with Crippen LogP contribution in [0, 0.1) is 0 Å². The summed E-state index contributed by atoms with van der Waals surface area (Å²) in [4.78, 5) is 30.2. The van der Waals surface area contributed by atoms with Gasteiger partial charge in [-0.15, -0.1) is 0 Å². The quantitative estimate of drug-likeness (QED) is 0.896. The minimum atomic E-state index is -0.666. The molecule has 2 atom stereocenters. The molecule has 1 N–H and O–H groups in total. The minimum absolute atomic E-state index is 0.273. The van der Waals surface area contributed by atoms with Gasteiger partial charge < -0.3 is 19.7 Å². The number of nitrogens with one attached hydrogen (secondary N) is 1. The van der Waals surface area contributed by atoms with Gasteiger partial charge in [0.2, 0.25) is 0 Å². The van der Waals surface area contributed by atoms with E-state index in [9.17, 15) is 9.59 Å². The first-order valence-electron chi connectivity index (χ1n) is 8.14. The summed E-state index contributed by atoms with van der Waals surface area (Å²) in [5.41, 5.74) is -0.378. The summed E-state index contributed by atoms with van der Waals surface area (Å²) in [5, 5.41) is 2.91. The first kappa shape index (κ1) is 16.5. The first-order chi connectivity index (χ1) is 11.3. The molecule has 0 saturated carbocycles. The van der Waals surface area contributed by atoms with Crippen molar-refractivity contribution in [2.75, 3.05) is 13.1 Å². The Kier molecular flexibility index (Phi) is 4.11. The van der Waals surface area contributed by atoms with E-state index in [4.69, 9.17) is 9.47 Å². The van der Waals surface area contributed by atoms with Crippen molar-refractivity contribution in [2.24, 2.45) is 0 Å². The maximum atomic E-state index is 12.4. The summed E-state index contributed by atoms with van der Waals surface area (Å²) in [5.74, 6) is 0. The first-order valence-corrected chi connectivity index (χ1v) is 8.14. The smallest absolute Gasteiger partial charge is 0.410 e. The molecule has 2 fully saturated rings. The number of pyridine rings is 1. The predicted octanol–water partition coefficient (Wildman–Crippen LogP) is 2.11. The van der Waals surface area contributed by atoms with Gasteiger partial charge in [0.25, 0.3) is 0 Å². The highest BCUT2D eigenvalue weighted by Gasteiger charge is 2.53. The number of amides is 2. The number of aromatic nitrogens is 1. The molecular weight excluding hydrogens is 310 g/mol. The number of carbonyl (C=O) groups is 2. The van der Waals surface area contributed by atoms with Crippen LogP contribution in [-0.4, -0.2) is 52.4 Å². The van der Waals surface area contributed by atoms with Crippen molar-refractivity contribution in [3.8, 4) is 0 Å². The van der Waals surface area contributed by atoms with E-state index < -0.39 is 17.2 Å². The van der Waals surface area contributed by atoms with E-state index >= 15 is 0 Å². The zero-order chi connectivity index (χ0) is 17.4. The van der Waals surface area contributed by atoms with Crippen LogP contribution >= 0.6 is 0 Å². The van der Waals surface area contributed by atoms with Crippen molar-refractivity contribution in [1.29, 1.82) is 0 Å². The zero-order valence-electron chi connectivity index (χ0n) is 14.2. The molecule has 130 valence electrons. The lowest BCUT2D eigenvalue weighted by Gasteiger charge is -2.42. The third kappa shape index (κ3) is 3.44. The fraction of sp³-hybridized carbons (Fsp3) is 0.588. The second-order valence-corrected chi connectivity index (χ2v) is 7.36. The molecule has 0 aromatic carbocycles. The molecule has 2 unspecified atom stereocenters. The van der Waals surface area contributed by atoms with Crippen LogP contribution in [0.1, 0.15) is 32.9 Å². The average molecular weight is 333 g/mol. The van der Waals surface area contributed by atoms with E-state index in [0.29, 0.717) is 25.9 Å². The van der Waals surface area contributed by atoms with E-state index in [1.54, 1.807) is 11.1 Å². The van der Waals surface area contributed by atoms with Crippen LogP contribution in [0.4, 0.5) is 9.59 Å². The number of alkyl carbamates (subject to hydrolysis) is 1. The molecule has 0 radical (unpaired) electrons. The molecule has 7 heteroatoms. The molecule has 0 spiro atoms. The van der Waals surface area contributed by atoms with Crippen LogP contribution in [0.2, 0.25) is 0 Å². The van der Waals surface area contributed by atoms with Crippen molar-refractivity contribution >= 4 is 12.2 Å². The maximum absolute atomic E-state index is 12.4. The second kappa shape index (κ2) is 5.96. The number of piperidine rings is 1. The van der Waals surface area contributed by atoms with Gasteiger partial charge in [0.05, 0.1) is 6.54 Å². The summed E-state index contributed by atoms with van der Waals surface area (Å²) in [7, 11) is 0. The average Bonchev–Trinajstić information content (AvgIpc) is 2.81. The molecule has 0 bridgehead atoms. The molecule has 7 nitrogen and oxygen atoms in total. The monoisotopic (exact) mass is 333 g/mol. The number of fused-ring (bicyclic) bond motifs is 1.